The fraction of sp³-hybridized carbons (Fsp3) is 0.632. The summed E-state index contributed by atoms with van der Waals surface area (Å²) in [6.45, 7) is 12.9. The molecule has 1 unspecified atom stereocenters. The van der Waals surface area contributed by atoms with Gasteiger partial charge in [0.05, 0.1) is 11.4 Å². The van der Waals surface area contributed by atoms with Gasteiger partial charge in [0.25, 0.3) is 0 Å². The molecule has 0 spiro atoms. The first-order chi connectivity index (χ1) is 13.0. The second kappa shape index (κ2) is 10.8. The Labute approximate surface area is 184 Å². The van der Waals surface area contributed by atoms with Crippen LogP contribution < -0.4 is 5.32 Å². The highest BCUT2D eigenvalue weighted by Crippen LogP contribution is 2.09. The summed E-state index contributed by atoms with van der Waals surface area (Å²) in [5.41, 5.74) is 3.28. The third-order valence-corrected chi connectivity index (χ3v) is 4.96. The molecule has 3 heterocycles. The molecule has 1 fully saturated rings. The van der Waals surface area contributed by atoms with Crippen molar-refractivity contribution in [2.45, 2.75) is 33.9 Å². The Morgan fingerprint density at radius 3 is 2.61 bits per heavy atom. The molecule has 1 aliphatic heterocycles. The maximum Gasteiger partial charge on any atom is 0.193 e. The molecule has 3 rings (SSSR count). The third-order valence-electron chi connectivity index (χ3n) is 4.96. The molecule has 2 aromatic heterocycles. The van der Waals surface area contributed by atoms with Gasteiger partial charge in [-0.15, -0.1) is 24.0 Å². The molecule has 0 amide bonds. The smallest absolute Gasteiger partial charge is 0.193 e. The summed E-state index contributed by atoms with van der Waals surface area (Å²) in [4.78, 5) is 9.20. The number of halogens is 1. The fourth-order valence-electron chi connectivity index (χ4n) is 3.48. The summed E-state index contributed by atoms with van der Waals surface area (Å²) in [5.74, 6) is 1.45. The Hall–Kier alpha value is -1.62. The molecular weight excluding hydrogens is 469 g/mol. The summed E-state index contributed by atoms with van der Waals surface area (Å²) in [5, 5.41) is 12.1. The van der Waals surface area contributed by atoms with Crippen LogP contribution in [0.3, 0.4) is 0 Å². The van der Waals surface area contributed by atoms with Crippen LogP contribution in [0.1, 0.15) is 24.0 Å². The molecule has 0 aliphatic carbocycles. The number of hydrogen-bond acceptors (Lipinski definition) is 5. The fourth-order valence-corrected chi connectivity index (χ4v) is 3.48. The summed E-state index contributed by atoms with van der Waals surface area (Å²) in [7, 11) is 1.86. The molecule has 1 saturated heterocycles. The highest BCUT2D eigenvalue weighted by atomic mass is 127. The van der Waals surface area contributed by atoms with E-state index in [9.17, 15) is 0 Å². The van der Waals surface area contributed by atoms with Crippen molar-refractivity contribution in [3.05, 3.63) is 35.5 Å². The quantitative estimate of drug-likeness (QED) is 0.372. The van der Waals surface area contributed by atoms with E-state index in [-0.39, 0.29) is 24.0 Å². The first kappa shape index (κ1) is 22.7. The maximum absolute atomic E-state index is 4.92. The number of nitrogens with zero attached hydrogens (tertiary/aromatic N) is 6. The second-order valence-corrected chi connectivity index (χ2v) is 7.40. The molecule has 28 heavy (non-hydrogen) atoms. The predicted molar refractivity (Wildman–Crippen MR) is 121 cm³/mol. The lowest BCUT2D eigenvalue weighted by molar-refractivity contribution is 0.168. The van der Waals surface area contributed by atoms with Crippen molar-refractivity contribution < 1.29 is 4.52 Å². The van der Waals surface area contributed by atoms with Crippen molar-refractivity contribution in [3.63, 3.8) is 0 Å². The van der Waals surface area contributed by atoms with Crippen molar-refractivity contribution in [2.24, 2.45) is 10.9 Å². The number of guanidine groups is 1. The largest absolute Gasteiger partial charge is 0.364 e. The van der Waals surface area contributed by atoms with Gasteiger partial charge in [0.15, 0.2) is 5.96 Å². The van der Waals surface area contributed by atoms with Crippen LogP contribution in [-0.2, 0) is 13.1 Å². The van der Waals surface area contributed by atoms with E-state index in [0.29, 0.717) is 5.92 Å². The van der Waals surface area contributed by atoms with E-state index >= 15 is 0 Å². The van der Waals surface area contributed by atoms with Crippen LogP contribution >= 0.6 is 24.0 Å². The molecular formula is C19H32IN7O. The Morgan fingerprint density at radius 2 is 2.04 bits per heavy atom. The van der Waals surface area contributed by atoms with E-state index in [1.165, 1.54) is 5.69 Å². The highest BCUT2D eigenvalue weighted by Gasteiger charge is 2.20. The van der Waals surface area contributed by atoms with E-state index in [4.69, 9.17) is 4.52 Å². The number of piperazine rings is 1. The van der Waals surface area contributed by atoms with E-state index in [1.807, 2.05) is 20.0 Å². The molecule has 0 saturated carbocycles. The van der Waals surface area contributed by atoms with Gasteiger partial charge in [-0.2, -0.15) is 5.10 Å². The van der Waals surface area contributed by atoms with Crippen molar-refractivity contribution in [3.8, 4) is 0 Å². The Balaban J connectivity index is 0.00000280. The zero-order chi connectivity index (χ0) is 19.2. The van der Waals surface area contributed by atoms with Gasteiger partial charge in [0.2, 0.25) is 0 Å². The zero-order valence-electron chi connectivity index (χ0n) is 17.3. The Bertz CT molecular complexity index is 736. The summed E-state index contributed by atoms with van der Waals surface area (Å²) < 4.78 is 7.01. The lowest BCUT2D eigenvalue weighted by Gasteiger charge is -2.36. The molecule has 1 N–H and O–H groups in total. The van der Waals surface area contributed by atoms with Gasteiger partial charge in [0, 0.05) is 64.6 Å². The molecule has 8 nitrogen and oxygen atoms in total. The van der Waals surface area contributed by atoms with Crippen LogP contribution in [0, 0.1) is 19.8 Å². The predicted octanol–water partition coefficient (Wildman–Crippen LogP) is 2.14. The van der Waals surface area contributed by atoms with Gasteiger partial charge in [-0.25, -0.2) is 0 Å². The molecule has 0 radical (unpaired) electrons. The first-order valence-electron chi connectivity index (χ1n) is 9.63. The number of aliphatic imine (C=N–C) groups is 1. The third kappa shape index (κ3) is 6.20. The van der Waals surface area contributed by atoms with Crippen LogP contribution in [0.15, 0.2) is 27.9 Å². The van der Waals surface area contributed by atoms with E-state index in [2.05, 4.69) is 55.0 Å². The van der Waals surface area contributed by atoms with Crippen molar-refractivity contribution >= 4 is 29.9 Å². The standard InChI is InChI=1S/C19H31N7O.HI/c1-15(13-26-17(3)11-16(2)22-26)12-21-19(20-4)25-8-6-24(7-9-25)14-18-5-10-27-23-18;/h5,10-11,15H,6-9,12-14H2,1-4H3,(H,20,21);1H. The SMILES string of the molecule is CN=C(NCC(C)Cn1nc(C)cc1C)N1CCN(Cc2ccon2)CC1.I. The monoisotopic (exact) mass is 501 g/mol. The minimum atomic E-state index is 0. The van der Waals surface area contributed by atoms with Crippen LogP contribution in [0.25, 0.3) is 0 Å². The normalized spacial score (nSPS) is 16.7. The molecule has 1 atom stereocenters. The van der Waals surface area contributed by atoms with Gasteiger partial charge in [-0.05, 0) is 25.8 Å². The molecule has 1 aliphatic rings. The number of rotatable bonds is 6. The summed E-state index contributed by atoms with van der Waals surface area (Å²) in [6, 6.07) is 4.05. The van der Waals surface area contributed by atoms with E-state index in [0.717, 1.165) is 63.2 Å². The van der Waals surface area contributed by atoms with Crippen molar-refractivity contribution in [1.29, 1.82) is 0 Å². The highest BCUT2D eigenvalue weighted by molar-refractivity contribution is 14.0. The molecule has 9 heteroatoms. The average molecular weight is 501 g/mol. The topological polar surface area (TPSA) is 74.7 Å². The minimum Gasteiger partial charge on any atom is -0.364 e. The molecule has 0 bridgehead atoms. The van der Waals surface area contributed by atoms with Gasteiger partial charge >= 0.3 is 0 Å². The summed E-state index contributed by atoms with van der Waals surface area (Å²) >= 11 is 0. The summed E-state index contributed by atoms with van der Waals surface area (Å²) in [6.07, 6.45) is 1.63. The van der Waals surface area contributed by atoms with Gasteiger partial charge in [-0.1, -0.05) is 12.1 Å². The number of aryl methyl sites for hydroxylation is 2. The van der Waals surface area contributed by atoms with Crippen LogP contribution in [0.5, 0.6) is 0 Å². The number of nitrogens with one attached hydrogen (secondary N) is 1. The Kier molecular flexibility index (Phi) is 8.74. The molecule has 156 valence electrons. The molecule has 2 aromatic rings. The molecule has 0 aromatic carbocycles. The van der Waals surface area contributed by atoms with E-state index in [1.54, 1.807) is 6.26 Å². The minimum absolute atomic E-state index is 0. The van der Waals surface area contributed by atoms with Gasteiger partial charge in [-0.3, -0.25) is 14.6 Å². The van der Waals surface area contributed by atoms with Crippen LogP contribution in [0.4, 0.5) is 0 Å². The number of hydrogen-bond donors (Lipinski definition) is 1. The van der Waals surface area contributed by atoms with Crippen LogP contribution in [-0.4, -0.2) is 70.5 Å². The second-order valence-electron chi connectivity index (χ2n) is 7.40. The van der Waals surface area contributed by atoms with Gasteiger partial charge in [0.1, 0.15) is 6.26 Å². The first-order valence-corrected chi connectivity index (χ1v) is 9.63. The maximum atomic E-state index is 4.92. The Morgan fingerprint density at radius 1 is 1.29 bits per heavy atom. The van der Waals surface area contributed by atoms with Gasteiger partial charge < -0.3 is 14.7 Å². The lowest BCUT2D eigenvalue weighted by Crippen LogP contribution is -2.52. The van der Waals surface area contributed by atoms with Crippen molar-refractivity contribution in [2.75, 3.05) is 39.8 Å². The van der Waals surface area contributed by atoms with E-state index < -0.39 is 0 Å². The van der Waals surface area contributed by atoms with Crippen LogP contribution in [0.2, 0.25) is 0 Å². The zero-order valence-corrected chi connectivity index (χ0v) is 19.6. The lowest BCUT2D eigenvalue weighted by atomic mass is 10.2. The average Bonchev–Trinajstić information content (AvgIpc) is 3.26. The number of aromatic nitrogens is 3. The van der Waals surface area contributed by atoms with Crippen molar-refractivity contribution in [1.82, 2.24) is 30.1 Å².